The van der Waals surface area contributed by atoms with E-state index >= 15 is 0 Å². The Labute approximate surface area is 120 Å². The quantitative estimate of drug-likeness (QED) is 0.737. The minimum atomic E-state index is -4.39. The summed E-state index contributed by atoms with van der Waals surface area (Å²) >= 11 is 6.07. The van der Waals surface area contributed by atoms with E-state index < -0.39 is 11.7 Å². The molecule has 2 nitrogen and oxygen atoms in total. The standard InChI is InChI=1S/C14H14ClF3N2/c1-13(2,3)11-8-12(15)20(19-11)10-6-4-5-9(7-10)14(16,17)18/h4-8H,1-3H3. The molecule has 2 aromatic rings. The van der Waals surface area contributed by atoms with Crippen molar-refractivity contribution in [2.45, 2.75) is 32.4 Å². The normalized spacial score (nSPS) is 12.8. The van der Waals surface area contributed by atoms with E-state index in [9.17, 15) is 13.2 Å². The van der Waals surface area contributed by atoms with Crippen molar-refractivity contribution < 1.29 is 13.2 Å². The van der Waals surface area contributed by atoms with Gasteiger partial charge in [0.15, 0.2) is 0 Å². The molecule has 0 spiro atoms. The summed E-state index contributed by atoms with van der Waals surface area (Å²) in [7, 11) is 0. The summed E-state index contributed by atoms with van der Waals surface area (Å²) in [5.41, 5.74) is 0.0652. The highest BCUT2D eigenvalue weighted by molar-refractivity contribution is 6.29. The molecule has 0 atom stereocenters. The molecular weight excluding hydrogens is 289 g/mol. The average Bonchev–Trinajstić information content (AvgIpc) is 2.70. The van der Waals surface area contributed by atoms with Gasteiger partial charge in [0.25, 0.3) is 0 Å². The number of benzene rings is 1. The van der Waals surface area contributed by atoms with Gasteiger partial charge in [0.1, 0.15) is 5.15 Å². The van der Waals surface area contributed by atoms with Gasteiger partial charge in [-0.05, 0) is 24.3 Å². The Hall–Kier alpha value is -1.49. The van der Waals surface area contributed by atoms with Crippen LogP contribution in [-0.4, -0.2) is 9.78 Å². The van der Waals surface area contributed by atoms with Crippen molar-refractivity contribution in [3.63, 3.8) is 0 Å². The fourth-order valence-corrected chi connectivity index (χ4v) is 1.96. The fraction of sp³-hybridized carbons (Fsp3) is 0.357. The monoisotopic (exact) mass is 302 g/mol. The second kappa shape index (κ2) is 4.81. The van der Waals surface area contributed by atoms with Crippen LogP contribution in [0.25, 0.3) is 5.69 Å². The molecule has 0 radical (unpaired) electrons. The molecule has 20 heavy (non-hydrogen) atoms. The van der Waals surface area contributed by atoms with Crippen molar-refractivity contribution in [1.82, 2.24) is 9.78 Å². The van der Waals surface area contributed by atoms with Gasteiger partial charge in [-0.15, -0.1) is 0 Å². The van der Waals surface area contributed by atoms with E-state index in [1.165, 1.54) is 10.7 Å². The maximum absolute atomic E-state index is 12.7. The van der Waals surface area contributed by atoms with Crippen LogP contribution >= 0.6 is 11.6 Å². The molecule has 1 heterocycles. The number of hydrogen-bond donors (Lipinski definition) is 0. The van der Waals surface area contributed by atoms with Crippen LogP contribution in [0.5, 0.6) is 0 Å². The van der Waals surface area contributed by atoms with E-state index in [1.807, 2.05) is 20.8 Å². The Morgan fingerprint density at radius 3 is 2.25 bits per heavy atom. The number of hydrogen-bond acceptors (Lipinski definition) is 1. The van der Waals surface area contributed by atoms with E-state index in [4.69, 9.17) is 11.6 Å². The smallest absolute Gasteiger partial charge is 0.222 e. The third kappa shape index (κ3) is 2.98. The zero-order chi connectivity index (χ0) is 15.1. The van der Waals surface area contributed by atoms with Gasteiger partial charge in [0, 0.05) is 5.41 Å². The average molecular weight is 303 g/mol. The van der Waals surface area contributed by atoms with Crippen molar-refractivity contribution in [2.75, 3.05) is 0 Å². The molecular formula is C14H14ClF3N2. The highest BCUT2D eigenvalue weighted by Gasteiger charge is 2.31. The minimum absolute atomic E-state index is 0.226. The molecule has 1 aromatic carbocycles. The topological polar surface area (TPSA) is 17.8 Å². The van der Waals surface area contributed by atoms with Crippen LogP contribution in [0.4, 0.5) is 13.2 Å². The van der Waals surface area contributed by atoms with Crippen LogP contribution < -0.4 is 0 Å². The predicted octanol–water partition coefficient (Wildman–Crippen LogP) is 4.84. The Morgan fingerprint density at radius 1 is 1.10 bits per heavy atom. The molecule has 0 aliphatic rings. The Balaban J connectivity index is 2.50. The Morgan fingerprint density at radius 2 is 1.75 bits per heavy atom. The maximum Gasteiger partial charge on any atom is 0.416 e. The van der Waals surface area contributed by atoms with Crippen molar-refractivity contribution in [2.24, 2.45) is 0 Å². The summed E-state index contributed by atoms with van der Waals surface area (Å²) in [6.07, 6.45) is -4.39. The molecule has 2 rings (SSSR count). The van der Waals surface area contributed by atoms with E-state index in [0.29, 0.717) is 5.69 Å². The summed E-state index contributed by atoms with van der Waals surface area (Å²) in [6, 6.07) is 6.60. The summed E-state index contributed by atoms with van der Waals surface area (Å²) in [5.74, 6) is 0. The fourth-order valence-electron chi connectivity index (χ4n) is 1.72. The van der Waals surface area contributed by atoms with Crippen LogP contribution in [-0.2, 0) is 11.6 Å². The second-order valence-electron chi connectivity index (χ2n) is 5.56. The molecule has 0 bridgehead atoms. The lowest BCUT2D eigenvalue weighted by atomic mass is 9.93. The highest BCUT2D eigenvalue weighted by Crippen LogP contribution is 2.31. The Kier molecular flexibility index (Phi) is 3.58. The molecule has 0 fully saturated rings. The van der Waals surface area contributed by atoms with Crippen molar-refractivity contribution >= 4 is 11.6 Å². The SMILES string of the molecule is CC(C)(C)c1cc(Cl)n(-c2cccc(C(F)(F)F)c2)n1. The number of halogens is 4. The number of rotatable bonds is 1. The molecule has 0 saturated carbocycles. The first-order valence-corrected chi connectivity index (χ1v) is 6.40. The molecule has 0 unspecified atom stereocenters. The summed E-state index contributed by atoms with van der Waals surface area (Å²) < 4.78 is 39.5. The summed E-state index contributed by atoms with van der Waals surface area (Å²) in [5, 5.41) is 4.58. The molecule has 0 N–H and O–H groups in total. The van der Waals surface area contributed by atoms with Gasteiger partial charge in [-0.25, -0.2) is 4.68 Å². The molecule has 108 valence electrons. The molecule has 6 heteroatoms. The predicted molar refractivity (Wildman–Crippen MR) is 72.3 cm³/mol. The number of alkyl halides is 3. The van der Waals surface area contributed by atoms with E-state index in [-0.39, 0.29) is 10.6 Å². The molecule has 0 aliphatic heterocycles. The lowest BCUT2D eigenvalue weighted by Crippen LogP contribution is -2.13. The van der Waals surface area contributed by atoms with E-state index in [2.05, 4.69) is 5.10 Å². The molecule has 0 aliphatic carbocycles. The van der Waals surface area contributed by atoms with Gasteiger partial charge in [0.2, 0.25) is 0 Å². The van der Waals surface area contributed by atoms with E-state index in [0.717, 1.165) is 17.8 Å². The second-order valence-corrected chi connectivity index (χ2v) is 5.95. The first-order chi connectivity index (χ1) is 9.09. The molecule has 1 aromatic heterocycles. The van der Waals surface area contributed by atoms with Gasteiger partial charge >= 0.3 is 6.18 Å². The lowest BCUT2D eigenvalue weighted by Gasteiger charge is -2.14. The lowest BCUT2D eigenvalue weighted by molar-refractivity contribution is -0.137. The third-order valence-corrected chi connectivity index (χ3v) is 3.12. The van der Waals surface area contributed by atoms with E-state index in [1.54, 1.807) is 12.1 Å². The molecule has 0 saturated heterocycles. The van der Waals surface area contributed by atoms with Crippen LogP contribution in [0.15, 0.2) is 30.3 Å². The minimum Gasteiger partial charge on any atom is -0.222 e. The number of nitrogens with zero attached hydrogens (tertiary/aromatic N) is 2. The van der Waals surface area contributed by atoms with Crippen molar-refractivity contribution in [3.8, 4) is 5.69 Å². The van der Waals surface area contributed by atoms with Gasteiger partial charge in [-0.3, -0.25) is 0 Å². The third-order valence-electron chi connectivity index (χ3n) is 2.85. The zero-order valence-corrected chi connectivity index (χ0v) is 12.0. The maximum atomic E-state index is 12.7. The zero-order valence-electron chi connectivity index (χ0n) is 11.3. The van der Waals surface area contributed by atoms with Gasteiger partial charge in [-0.1, -0.05) is 38.4 Å². The Bertz CT molecular complexity index is 624. The van der Waals surface area contributed by atoms with Crippen molar-refractivity contribution in [1.29, 1.82) is 0 Å². The van der Waals surface area contributed by atoms with Crippen LogP contribution in [0.3, 0.4) is 0 Å². The largest absolute Gasteiger partial charge is 0.416 e. The van der Waals surface area contributed by atoms with Gasteiger partial charge in [0.05, 0.1) is 16.9 Å². The summed E-state index contributed by atoms with van der Waals surface area (Å²) in [4.78, 5) is 0. The first kappa shape index (κ1) is 14.9. The van der Waals surface area contributed by atoms with Crippen molar-refractivity contribution in [3.05, 3.63) is 46.7 Å². The van der Waals surface area contributed by atoms with Crippen LogP contribution in [0.2, 0.25) is 5.15 Å². The summed E-state index contributed by atoms with van der Waals surface area (Å²) in [6.45, 7) is 5.88. The van der Waals surface area contributed by atoms with Gasteiger partial charge < -0.3 is 0 Å². The first-order valence-electron chi connectivity index (χ1n) is 6.03. The van der Waals surface area contributed by atoms with Crippen LogP contribution in [0, 0.1) is 0 Å². The van der Waals surface area contributed by atoms with Crippen LogP contribution in [0.1, 0.15) is 32.0 Å². The number of aromatic nitrogens is 2. The highest BCUT2D eigenvalue weighted by atomic mass is 35.5. The van der Waals surface area contributed by atoms with Gasteiger partial charge in [-0.2, -0.15) is 18.3 Å². The molecule has 0 amide bonds.